The molecule has 0 saturated heterocycles. The summed E-state index contributed by atoms with van der Waals surface area (Å²) in [5, 5.41) is -0.156. The normalized spacial score (nSPS) is 32.9. The fraction of sp³-hybridized carbons (Fsp3) is 0.526. The van der Waals surface area contributed by atoms with E-state index >= 15 is 0 Å². The van der Waals surface area contributed by atoms with Crippen LogP contribution in [0.5, 0.6) is 0 Å². The van der Waals surface area contributed by atoms with Crippen LogP contribution in [0.25, 0.3) is 0 Å². The number of rotatable bonds is 2. The minimum atomic E-state index is -0.858. The van der Waals surface area contributed by atoms with E-state index in [1.165, 1.54) is 0 Å². The van der Waals surface area contributed by atoms with E-state index in [0.717, 1.165) is 38.5 Å². The van der Waals surface area contributed by atoms with Gasteiger partial charge in [-0.05, 0) is 56.3 Å². The topological polar surface area (TPSA) is 63.7 Å². The Balaban J connectivity index is 1.46. The highest BCUT2D eigenvalue weighted by atomic mass is 35.5. The molecule has 1 heterocycles. The van der Waals surface area contributed by atoms with E-state index in [4.69, 9.17) is 51.2 Å². The van der Waals surface area contributed by atoms with Gasteiger partial charge in [-0.25, -0.2) is 4.79 Å². The zero-order valence-corrected chi connectivity index (χ0v) is 17.6. The molecule has 5 aliphatic rings. The van der Waals surface area contributed by atoms with E-state index < -0.39 is 23.2 Å². The first-order chi connectivity index (χ1) is 13.2. The Morgan fingerprint density at radius 1 is 0.786 bits per heavy atom. The summed E-state index contributed by atoms with van der Waals surface area (Å²) in [5.74, 6) is -0.690. The lowest BCUT2D eigenvalue weighted by Gasteiger charge is -2.55. The number of fused-ring (bicyclic) bond motifs is 1. The van der Waals surface area contributed by atoms with Crippen molar-refractivity contribution in [3.05, 3.63) is 31.2 Å². The first kappa shape index (κ1) is 19.0. The summed E-state index contributed by atoms with van der Waals surface area (Å²) in [6.45, 7) is 0. The number of benzene rings is 1. The fourth-order valence-corrected chi connectivity index (χ4v) is 6.97. The summed E-state index contributed by atoms with van der Waals surface area (Å²) in [6, 6.07) is 0. The largest absolute Gasteiger partial charge is 0.339 e. The predicted octanol–water partition coefficient (Wildman–Crippen LogP) is 5.57. The molecule has 148 valence electrons. The van der Waals surface area contributed by atoms with Crippen LogP contribution < -0.4 is 0 Å². The average Bonchev–Trinajstić information content (AvgIpc) is 2.88. The zero-order chi connectivity index (χ0) is 20.0. The van der Waals surface area contributed by atoms with Crippen LogP contribution in [-0.2, 0) is 9.63 Å². The van der Waals surface area contributed by atoms with Crippen LogP contribution in [0.4, 0.5) is 0 Å². The molecular weight excluding hydrogens is 448 g/mol. The Hall–Kier alpha value is -1.01. The number of hydrogen-bond donors (Lipinski definition) is 0. The maximum Gasteiger partial charge on any atom is 0.339 e. The van der Waals surface area contributed by atoms with Crippen LogP contribution >= 0.6 is 46.4 Å². The molecule has 4 bridgehead atoms. The van der Waals surface area contributed by atoms with Crippen molar-refractivity contribution in [2.75, 3.05) is 0 Å². The lowest BCUT2D eigenvalue weighted by molar-refractivity contribution is -0.195. The molecule has 0 spiro atoms. The molecule has 1 aromatic rings. The van der Waals surface area contributed by atoms with Gasteiger partial charge < -0.3 is 4.84 Å². The van der Waals surface area contributed by atoms with Gasteiger partial charge in [-0.2, -0.15) is 0 Å². The Morgan fingerprint density at radius 3 is 1.57 bits per heavy atom. The number of hydrogen-bond acceptors (Lipinski definition) is 4. The van der Waals surface area contributed by atoms with E-state index in [2.05, 4.69) is 0 Å². The summed E-state index contributed by atoms with van der Waals surface area (Å²) < 4.78 is 0. The Kier molecular flexibility index (Phi) is 4.23. The van der Waals surface area contributed by atoms with Crippen molar-refractivity contribution in [2.45, 2.75) is 38.5 Å². The monoisotopic (exact) mass is 461 g/mol. The lowest BCUT2D eigenvalue weighted by atomic mass is 9.49. The average molecular weight is 463 g/mol. The lowest BCUT2D eigenvalue weighted by Crippen LogP contribution is -2.52. The molecule has 2 amide bonds. The molecule has 28 heavy (non-hydrogen) atoms. The van der Waals surface area contributed by atoms with Gasteiger partial charge in [-0.1, -0.05) is 51.5 Å². The molecular formula is C19H15Cl4NO4. The van der Waals surface area contributed by atoms with Crippen LogP contribution in [0.1, 0.15) is 59.2 Å². The molecule has 6 rings (SSSR count). The quantitative estimate of drug-likeness (QED) is 0.327. The predicted molar refractivity (Wildman–Crippen MR) is 104 cm³/mol. The summed E-state index contributed by atoms with van der Waals surface area (Å²) >= 11 is 24.2. The fourth-order valence-electron chi connectivity index (χ4n) is 5.95. The van der Waals surface area contributed by atoms with Gasteiger partial charge in [0.25, 0.3) is 11.8 Å². The van der Waals surface area contributed by atoms with E-state index in [1.54, 1.807) is 0 Å². The van der Waals surface area contributed by atoms with Crippen LogP contribution in [0.3, 0.4) is 0 Å². The molecule has 1 aliphatic heterocycles. The molecule has 0 aromatic heterocycles. The summed E-state index contributed by atoms with van der Waals surface area (Å²) in [5.41, 5.74) is -0.999. The van der Waals surface area contributed by atoms with Crippen LogP contribution in [0.15, 0.2) is 0 Å². The summed E-state index contributed by atoms with van der Waals surface area (Å²) in [6.07, 6.45) is 5.71. The second-order valence-electron chi connectivity index (χ2n) is 8.49. The van der Waals surface area contributed by atoms with Gasteiger partial charge in [-0.3, -0.25) is 9.59 Å². The van der Waals surface area contributed by atoms with Gasteiger partial charge in [0.15, 0.2) is 0 Å². The Labute approximate surface area is 181 Å². The number of amides is 2. The molecule has 4 fully saturated rings. The van der Waals surface area contributed by atoms with Crippen molar-refractivity contribution in [3.8, 4) is 0 Å². The maximum absolute atomic E-state index is 13.1. The van der Waals surface area contributed by atoms with Crippen molar-refractivity contribution < 1.29 is 19.2 Å². The number of imide groups is 1. The first-order valence-electron chi connectivity index (χ1n) is 9.19. The molecule has 0 radical (unpaired) electrons. The molecule has 0 atom stereocenters. The maximum atomic E-state index is 13.1. The van der Waals surface area contributed by atoms with Gasteiger partial charge in [0.2, 0.25) is 0 Å². The second kappa shape index (κ2) is 6.24. The smallest absolute Gasteiger partial charge is 0.329 e. The number of carbonyl (C=O) groups excluding carboxylic acids is 3. The van der Waals surface area contributed by atoms with Crippen molar-refractivity contribution in [2.24, 2.45) is 23.2 Å². The van der Waals surface area contributed by atoms with Crippen molar-refractivity contribution in [1.82, 2.24) is 5.06 Å². The Morgan fingerprint density at radius 2 is 1.18 bits per heavy atom. The molecule has 1 aromatic carbocycles. The number of nitrogens with zero attached hydrogens (tertiary/aromatic N) is 1. The number of carbonyl (C=O) groups is 3. The highest BCUT2D eigenvalue weighted by Gasteiger charge is 2.57. The van der Waals surface area contributed by atoms with E-state index in [9.17, 15) is 14.4 Å². The van der Waals surface area contributed by atoms with Gasteiger partial charge in [0.05, 0.1) is 36.6 Å². The van der Waals surface area contributed by atoms with Gasteiger partial charge in [-0.15, -0.1) is 0 Å². The molecule has 0 unspecified atom stereocenters. The summed E-state index contributed by atoms with van der Waals surface area (Å²) in [7, 11) is 0. The minimum Gasteiger partial charge on any atom is -0.329 e. The number of halogens is 4. The molecule has 0 N–H and O–H groups in total. The van der Waals surface area contributed by atoms with Gasteiger partial charge >= 0.3 is 5.97 Å². The minimum absolute atomic E-state index is 0.123. The molecule has 5 nitrogen and oxygen atoms in total. The van der Waals surface area contributed by atoms with Crippen molar-refractivity contribution in [3.63, 3.8) is 0 Å². The van der Waals surface area contributed by atoms with Crippen molar-refractivity contribution >= 4 is 64.2 Å². The molecule has 4 aliphatic carbocycles. The van der Waals surface area contributed by atoms with Crippen molar-refractivity contribution in [1.29, 1.82) is 0 Å². The standard InChI is InChI=1S/C19H15Cl4NO4/c20-12-10-11(13(21)15(23)14(12)22)17(26)24(16(10)25)28-18(27)19-4-7-1-8(5-19)3-9(2-7)6-19/h7-9H,1-6H2. The highest BCUT2D eigenvalue weighted by Crippen LogP contribution is 2.60. The third-order valence-electron chi connectivity index (χ3n) is 6.71. The van der Waals surface area contributed by atoms with Gasteiger partial charge in [0, 0.05) is 0 Å². The third kappa shape index (κ3) is 2.49. The first-order valence-corrected chi connectivity index (χ1v) is 10.7. The van der Waals surface area contributed by atoms with Crippen LogP contribution in [0, 0.1) is 23.2 Å². The van der Waals surface area contributed by atoms with E-state index in [0.29, 0.717) is 22.8 Å². The second-order valence-corrected chi connectivity index (χ2v) is 10.00. The van der Waals surface area contributed by atoms with Crippen LogP contribution in [0.2, 0.25) is 20.1 Å². The highest BCUT2D eigenvalue weighted by molar-refractivity contribution is 6.55. The SMILES string of the molecule is O=C1c2c(Cl)c(Cl)c(Cl)c(Cl)c2C(=O)N1OC(=O)C12CC3CC(CC(C3)C1)C2. The summed E-state index contributed by atoms with van der Waals surface area (Å²) in [4.78, 5) is 44.1. The third-order valence-corrected chi connectivity index (χ3v) is 8.51. The number of hydroxylamine groups is 2. The van der Waals surface area contributed by atoms with Crippen LogP contribution in [-0.4, -0.2) is 22.8 Å². The molecule has 9 heteroatoms. The Bertz CT molecular complexity index is 878. The van der Waals surface area contributed by atoms with E-state index in [1.807, 2.05) is 0 Å². The zero-order valence-electron chi connectivity index (χ0n) is 14.6. The molecule has 4 saturated carbocycles. The van der Waals surface area contributed by atoms with E-state index in [-0.39, 0.29) is 31.2 Å². The van der Waals surface area contributed by atoms with Gasteiger partial charge in [0.1, 0.15) is 0 Å².